The lowest BCUT2D eigenvalue weighted by Gasteiger charge is -2.19. The van der Waals surface area contributed by atoms with E-state index < -0.39 is 5.97 Å². The molecule has 0 radical (unpaired) electrons. The molecule has 1 heterocycles. The molecule has 8 heteroatoms. The molecule has 0 aliphatic carbocycles. The van der Waals surface area contributed by atoms with Crippen LogP contribution in [0.3, 0.4) is 0 Å². The first-order valence-corrected chi connectivity index (χ1v) is 7.00. The summed E-state index contributed by atoms with van der Waals surface area (Å²) < 4.78 is 11.0. The van der Waals surface area contributed by atoms with E-state index in [9.17, 15) is 9.59 Å². The molecule has 0 bridgehead atoms. The van der Waals surface area contributed by atoms with E-state index in [-0.39, 0.29) is 19.0 Å². The topological polar surface area (TPSA) is 73.7 Å². The zero-order chi connectivity index (χ0) is 16.7. The van der Waals surface area contributed by atoms with Gasteiger partial charge in [0.2, 0.25) is 5.91 Å². The van der Waals surface area contributed by atoms with Crippen LogP contribution < -0.4 is 0 Å². The Morgan fingerprint density at radius 1 is 1.41 bits per heavy atom. The van der Waals surface area contributed by atoms with Gasteiger partial charge in [0.05, 0.1) is 19.4 Å². The third-order valence-corrected chi connectivity index (χ3v) is 3.46. The van der Waals surface area contributed by atoms with Crippen molar-refractivity contribution in [3.8, 4) is 0 Å². The van der Waals surface area contributed by atoms with Crippen LogP contribution in [0.25, 0.3) is 6.08 Å². The van der Waals surface area contributed by atoms with Crippen LogP contribution in [-0.2, 0) is 26.1 Å². The molecule has 0 aliphatic heterocycles. The number of halogens is 1. The number of hydrogen-bond donors (Lipinski definition) is 0. The Hall–Kier alpha value is -1.86. The molecule has 0 saturated heterocycles. The number of methoxy groups -OCH3 is 2. The molecule has 0 saturated carbocycles. The van der Waals surface area contributed by atoms with Crippen LogP contribution in [0.5, 0.6) is 0 Å². The quantitative estimate of drug-likeness (QED) is 0.552. The van der Waals surface area contributed by atoms with Gasteiger partial charge in [-0.15, -0.1) is 0 Å². The first kappa shape index (κ1) is 18.2. The average Bonchev–Trinajstić information content (AvgIpc) is 2.73. The minimum Gasteiger partial charge on any atom is -0.468 e. The highest BCUT2D eigenvalue weighted by Crippen LogP contribution is 2.20. The lowest BCUT2D eigenvalue weighted by Crippen LogP contribution is -2.37. The van der Waals surface area contributed by atoms with E-state index in [0.29, 0.717) is 23.0 Å². The maximum atomic E-state index is 12.2. The van der Waals surface area contributed by atoms with Gasteiger partial charge in [0, 0.05) is 32.3 Å². The van der Waals surface area contributed by atoms with Gasteiger partial charge in [-0.3, -0.25) is 14.3 Å². The third-order valence-electron chi connectivity index (χ3n) is 3.01. The molecule has 1 rings (SSSR count). The smallest absolute Gasteiger partial charge is 0.325 e. The second-order valence-electron chi connectivity index (χ2n) is 4.58. The average molecular weight is 330 g/mol. The summed E-state index contributed by atoms with van der Waals surface area (Å²) >= 11 is 6.10. The molecule has 0 unspecified atom stereocenters. The van der Waals surface area contributed by atoms with Gasteiger partial charge in [-0.1, -0.05) is 11.6 Å². The van der Waals surface area contributed by atoms with E-state index in [1.165, 1.54) is 29.9 Å². The summed E-state index contributed by atoms with van der Waals surface area (Å²) in [6.45, 7) is 2.27. The first-order valence-electron chi connectivity index (χ1n) is 6.62. The van der Waals surface area contributed by atoms with Crippen molar-refractivity contribution in [1.82, 2.24) is 14.7 Å². The van der Waals surface area contributed by atoms with Crippen LogP contribution >= 0.6 is 11.6 Å². The highest BCUT2D eigenvalue weighted by Gasteiger charge is 2.16. The van der Waals surface area contributed by atoms with Gasteiger partial charge in [-0.05, 0) is 13.0 Å². The highest BCUT2D eigenvalue weighted by molar-refractivity contribution is 6.31. The van der Waals surface area contributed by atoms with Gasteiger partial charge in [-0.2, -0.15) is 5.10 Å². The Balaban J connectivity index is 2.84. The molecule has 1 aromatic rings. The summed E-state index contributed by atoms with van der Waals surface area (Å²) in [5.41, 5.74) is 1.38. The molecular weight excluding hydrogens is 310 g/mol. The lowest BCUT2D eigenvalue weighted by atomic mass is 10.2. The number of carbonyl (C=O) groups excluding carboxylic acids is 2. The SMILES string of the molecule is COCCN(CC(=O)OC)C(=O)C=Cc1c(C)nn(C)c1Cl. The molecule has 7 nitrogen and oxygen atoms in total. The van der Waals surface area contributed by atoms with E-state index in [4.69, 9.17) is 16.3 Å². The van der Waals surface area contributed by atoms with Crippen LogP contribution in [0.2, 0.25) is 5.15 Å². The van der Waals surface area contributed by atoms with Crippen LogP contribution in [0.1, 0.15) is 11.3 Å². The molecule has 0 fully saturated rings. The van der Waals surface area contributed by atoms with Crippen molar-refractivity contribution in [2.24, 2.45) is 7.05 Å². The van der Waals surface area contributed by atoms with Crippen molar-refractivity contribution in [3.05, 3.63) is 22.5 Å². The number of rotatable bonds is 7. The molecule has 1 aromatic heterocycles. The normalized spacial score (nSPS) is 11.0. The summed E-state index contributed by atoms with van der Waals surface area (Å²) in [6.07, 6.45) is 2.94. The van der Waals surface area contributed by atoms with Crippen molar-refractivity contribution in [2.45, 2.75) is 6.92 Å². The zero-order valence-electron chi connectivity index (χ0n) is 13.1. The number of carbonyl (C=O) groups is 2. The fourth-order valence-corrected chi connectivity index (χ4v) is 2.02. The molecule has 0 spiro atoms. The monoisotopic (exact) mass is 329 g/mol. The molecule has 0 N–H and O–H groups in total. The van der Waals surface area contributed by atoms with Crippen LogP contribution in [0, 0.1) is 6.92 Å². The van der Waals surface area contributed by atoms with Crippen molar-refractivity contribution < 1.29 is 19.1 Å². The van der Waals surface area contributed by atoms with Crippen LogP contribution in [0.15, 0.2) is 6.08 Å². The van der Waals surface area contributed by atoms with E-state index in [2.05, 4.69) is 9.84 Å². The second kappa shape index (κ2) is 8.55. The summed E-state index contributed by atoms with van der Waals surface area (Å²) in [6, 6.07) is 0. The zero-order valence-corrected chi connectivity index (χ0v) is 13.9. The minimum absolute atomic E-state index is 0.136. The van der Waals surface area contributed by atoms with Gasteiger partial charge < -0.3 is 14.4 Å². The predicted molar refractivity (Wildman–Crippen MR) is 82.5 cm³/mol. The first-order chi connectivity index (χ1) is 10.4. The molecule has 122 valence electrons. The van der Waals surface area contributed by atoms with E-state index in [1.807, 2.05) is 0 Å². The highest BCUT2D eigenvalue weighted by atomic mass is 35.5. The second-order valence-corrected chi connectivity index (χ2v) is 4.93. The Morgan fingerprint density at radius 2 is 2.09 bits per heavy atom. The maximum absolute atomic E-state index is 12.2. The number of aromatic nitrogens is 2. The summed E-state index contributed by atoms with van der Waals surface area (Å²) in [5, 5.41) is 4.60. The molecule has 22 heavy (non-hydrogen) atoms. The maximum Gasteiger partial charge on any atom is 0.325 e. The van der Waals surface area contributed by atoms with Crippen LogP contribution in [0.4, 0.5) is 0 Å². The van der Waals surface area contributed by atoms with E-state index in [1.54, 1.807) is 20.0 Å². The van der Waals surface area contributed by atoms with E-state index in [0.717, 1.165) is 0 Å². The molecule has 0 atom stereocenters. The number of nitrogens with zero attached hydrogens (tertiary/aromatic N) is 3. The van der Waals surface area contributed by atoms with Gasteiger partial charge in [-0.25, -0.2) is 0 Å². The fourth-order valence-electron chi connectivity index (χ4n) is 1.78. The van der Waals surface area contributed by atoms with Gasteiger partial charge in [0.15, 0.2) is 0 Å². The molecule has 0 aromatic carbocycles. The minimum atomic E-state index is -0.492. The molecular formula is C14H20ClN3O4. The van der Waals surface area contributed by atoms with E-state index >= 15 is 0 Å². The lowest BCUT2D eigenvalue weighted by molar-refractivity contribution is -0.145. The largest absolute Gasteiger partial charge is 0.468 e. The molecule has 1 amide bonds. The Morgan fingerprint density at radius 3 is 2.59 bits per heavy atom. The van der Waals surface area contributed by atoms with Crippen molar-refractivity contribution >= 4 is 29.6 Å². The number of esters is 1. The number of amides is 1. The Labute approximate surface area is 134 Å². The Kier molecular flexibility index (Phi) is 7.07. The number of hydrogen-bond acceptors (Lipinski definition) is 5. The van der Waals surface area contributed by atoms with Gasteiger partial charge in [0.1, 0.15) is 11.7 Å². The van der Waals surface area contributed by atoms with Crippen LogP contribution in [-0.4, -0.2) is 60.5 Å². The third kappa shape index (κ3) is 4.85. The fraction of sp³-hybridized carbons (Fsp3) is 0.500. The molecule has 0 aliphatic rings. The Bertz CT molecular complexity index is 569. The van der Waals surface area contributed by atoms with Crippen molar-refractivity contribution in [3.63, 3.8) is 0 Å². The van der Waals surface area contributed by atoms with Crippen molar-refractivity contribution in [1.29, 1.82) is 0 Å². The summed E-state index contributed by atoms with van der Waals surface area (Å²) in [5.74, 6) is -0.824. The standard InChI is InChI=1S/C14H20ClN3O4/c1-10-11(14(15)17(2)16-10)5-6-12(19)18(7-8-21-3)9-13(20)22-4/h5-6H,7-9H2,1-4H3. The predicted octanol–water partition coefficient (Wildman–Crippen LogP) is 1.04. The summed E-state index contributed by atoms with van der Waals surface area (Å²) in [4.78, 5) is 24.9. The van der Waals surface area contributed by atoms with Crippen molar-refractivity contribution in [2.75, 3.05) is 33.9 Å². The number of aryl methyl sites for hydroxylation is 2. The van der Waals surface area contributed by atoms with Gasteiger partial charge >= 0.3 is 5.97 Å². The summed E-state index contributed by atoms with van der Waals surface area (Å²) in [7, 11) is 4.52. The van der Waals surface area contributed by atoms with Gasteiger partial charge in [0.25, 0.3) is 0 Å². The number of ether oxygens (including phenoxy) is 2.